The number of halogens is 3. The summed E-state index contributed by atoms with van der Waals surface area (Å²) in [6, 6.07) is 3.69. The van der Waals surface area contributed by atoms with Crippen LogP contribution in [0.1, 0.15) is 31.7 Å². The molecule has 1 unspecified atom stereocenters. The molecule has 1 atom stereocenters. The molecule has 3 fully saturated rings. The summed E-state index contributed by atoms with van der Waals surface area (Å²) in [5, 5.41) is 2.46. The Balaban J connectivity index is 1.33. The fourth-order valence-corrected chi connectivity index (χ4v) is 4.95. The molecular formula is C24H34F3N5O3. The molecular weight excluding hydrogens is 463 g/mol. The average Bonchev–Trinajstić information content (AvgIpc) is 2.85. The number of carbonyl (C=O) groups is 2. The number of piperidine rings is 1. The van der Waals surface area contributed by atoms with E-state index >= 15 is 0 Å². The number of rotatable bonds is 4. The van der Waals surface area contributed by atoms with Gasteiger partial charge in [-0.1, -0.05) is 0 Å². The number of alkyl halides is 3. The summed E-state index contributed by atoms with van der Waals surface area (Å²) in [5.74, 6) is 0.102. The number of nitrogens with one attached hydrogen (secondary N) is 1. The third kappa shape index (κ3) is 6.38. The van der Waals surface area contributed by atoms with E-state index in [1.165, 1.54) is 11.0 Å². The predicted octanol–water partition coefficient (Wildman–Crippen LogP) is 3.09. The van der Waals surface area contributed by atoms with Gasteiger partial charge in [-0.2, -0.15) is 13.2 Å². The van der Waals surface area contributed by atoms with Crippen LogP contribution in [0.4, 0.5) is 29.3 Å². The van der Waals surface area contributed by atoms with E-state index in [1.807, 2.05) is 14.7 Å². The number of ether oxygens (including phenoxy) is 1. The van der Waals surface area contributed by atoms with Crippen molar-refractivity contribution in [3.63, 3.8) is 0 Å². The second kappa shape index (κ2) is 11.0. The normalized spacial score (nSPS) is 22.3. The fourth-order valence-electron chi connectivity index (χ4n) is 4.95. The van der Waals surface area contributed by atoms with Gasteiger partial charge in [0.1, 0.15) is 0 Å². The van der Waals surface area contributed by atoms with E-state index in [0.717, 1.165) is 31.9 Å². The van der Waals surface area contributed by atoms with Crippen molar-refractivity contribution < 1.29 is 27.5 Å². The minimum Gasteiger partial charge on any atom is -0.378 e. The second-order valence-corrected chi connectivity index (χ2v) is 9.45. The molecule has 0 spiro atoms. The van der Waals surface area contributed by atoms with Crippen LogP contribution in [0.3, 0.4) is 0 Å². The fraction of sp³-hybridized carbons (Fsp3) is 0.667. The van der Waals surface area contributed by atoms with Crippen LogP contribution in [0.15, 0.2) is 18.2 Å². The molecule has 0 saturated carbocycles. The van der Waals surface area contributed by atoms with E-state index in [0.29, 0.717) is 64.7 Å². The molecule has 0 bridgehead atoms. The lowest BCUT2D eigenvalue weighted by Gasteiger charge is -2.38. The average molecular weight is 498 g/mol. The van der Waals surface area contributed by atoms with Crippen LogP contribution in [-0.4, -0.2) is 98.3 Å². The van der Waals surface area contributed by atoms with Gasteiger partial charge in [0.05, 0.1) is 31.0 Å². The molecule has 1 aromatic rings. The highest BCUT2D eigenvalue weighted by Crippen LogP contribution is 2.37. The first-order valence-corrected chi connectivity index (χ1v) is 12.3. The second-order valence-electron chi connectivity index (χ2n) is 9.45. The quantitative estimate of drug-likeness (QED) is 0.693. The lowest BCUT2D eigenvalue weighted by molar-refractivity contribution is -0.137. The Morgan fingerprint density at radius 2 is 1.74 bits per heavy atom. The molecule has 35 heavy (non-hydrogen) atoms. The largest absolute Gasteiger partial charge is 0.418 e. The maximum atomic E-state index is 13.8. The van der Waals surface area contributed by atoms with Crippen molar-refractivity contribution in [3.05, 3.63) is 23.8 Å². The van der Waals surface area contributed by atoms with Crippen molar-refractivity contribution in [1.29, 1.82) is 0 Å². The number of urea groups is 1. The summed E-state index contributed by atoms with van der Waals surface area (Å²) in [5.41, 5.74) is -0.661. The van der Waals surface area contributed by atoms with Crippen molar-refractivity contribution in [1.82, 2.24) is 14.7 Å². The molecule has 0 aromatic heterocycles. The molecule has 1 N–H and O–H groups in total. The molecule has 4 rings (SSSR count). The Bertz CT molecular complexity index is 899. The summed E-state index contributed by atoms with van der Waals surface area (Å²) in [6.45, 7) is 6.84. The van der Waals surface area contributed by atoms with Crippen molar-refractivity contribution >= 4 is 23.3 Å². The molecule has 0 radical (unpaired) electrons. The molecule has 3 aliphatic heterocycles. The maximum absolute atomic E-state index is 13.8. The van der Waals surface area contributed by atoms with Gasteiger partial charge in [-0.05, 0) is 44.4 Å². The molecule has 3 amide bonds. The maximum Gasteiger partial charge on any atom is 0.418 e. The van der Waals surface area contributed by atoms with Gasteiger partial charge in [-0.25, -0.2) is 4.79 Å². The van der Waals surface area contributed by atoms with Gasteiger partial charge in [0.15, 0.2) is 0 Å². The molecule has 11 heteroatoms. The minimum absolute atomic E-state index is 0.102. The van der Waals surface area contributed by atoms with Crippen molar-refractivity contribution in [3.8, 4) is 0 Å². The zero-order valence-electron chi connectivity index (χ0n) is 20.1. The first-order chi connectivity index (χ1) is 16.7. The number of likely N-dealkylation sites (tertiary alicyclic amines) is 1. The number of carbonyl (C=O) groups excluding carboxylic acids is 2. The zero-order chi connectivity index (χ0) is 25.0. The van der Waals surface area contributed by atoms with Crippen LogP contribution in [0, 0.1) is 0 Å². The number of piperazine rings is 1. The number of hydrogen-bond acceptors (Lipinski definition) is 5. The van der Waals surface area contributed by atoms with Gasteiger partial charge < -0.3 is 24.8 Å². The number of hydrogen-bond donors (Lipinski definition) is 1. The van der Waals surface area contributed by atoms with E-state index in [1.54, 1.807) is 6.07 Å². The summed E-state index contributed by atoms with van der Waals surface area (Å²) in [6.07, 6.45) is -1.41. The lowest BCUT2D eigenvalue weighted by Crippen LogP contribution is -2.53. The van der Waals surface area contributed by atoms with Crippen LogP contribution in [-0.2, 0) is 15.7 Å². The molecule has 194 valence electrons. The van der Waals surface area contributed by atoms with Crippen LogP contribution in [0.5, 0.6) is 0 Å². The van der Waals surface area contributed by atoms with Gasteiger partial charge >= 0.3 is 12.2 Å². The number of nitrogens with zero attached hydrogens (tertiary/aromatic N) is 4. The molecule has 8 nitrogen and oxygen atoms in total. The molecule has 0 aliphatic carbocycles. The third-order valence-electron chi connectivity index (χ3n) is 7.07. The Morgan fingerprint density at radius 1 is 1.03 bits per heavy atom. The van der Waals surface area contributed by atoms with Gasteiger partial charge in [-0.3, -0.25) is 9.69 Å². The van der Waals surface area contributed by atoms with E-state index in [4.69, 9.17) is 4.74 Å². The summed E-state index contributed by atoms with van der Waals surface area (Å²) in [4.78, 5) is 32.7. The lowest BCUT2D eigenvalue weighted by atomic mass is 10.0. The van der Waals surface area contributed by atoms with E-state index in [9.17, 15) is 22.8 Å². The summed E-state index contributed by atoms with van der Waals surface area (Å²) < 4.78 is 46.6. The molecule has 3 aliphatic rings. The van der Waals surface area contributed by atoms with Gasteiger partial charge in [0.25, 0.3) is 0 Å². The Morgan fingerprint density at radius 3 is 2.40 bits per heavy atom. The number of anilines is 2. The smallest absolute Gasteiger partial charge is 0.378 e. The van der Waals surface area contributed by atoms with Crippen LogP contribution < -0.4 is 10.2 Å². The van der Waals surface area contributed by atoms with E-state index in [-0.39, 0.29) is 17.6 Å². The van der Waals surface area contributed by atoms with Crippen molar-refractivity contribution in [2.75, 3.05) is 75.8 Å². The van der Waals surface area contributed by atoms with Gasteiger partial charge in [0.2, 0.25) is 5.91 Å². The summed E-state index contributed by atoms with van der Waals surface area (Å²) >= 11 is 0. The van der Waals surface area contributed by atoms with Crippen molar-refractivity contribution in [2.45, 2.75) is 38.4 Å². The number of amides is 3. The predicted molar refractivity (Wildman–Crippen MR) is 127 cm³/mol. The third-order valence-corrected chi connectivity index (χ3v) is 7.07. The summed E-state index contributed by atoms with van der Waals surface area (Å²) in [7, 11) is 0. The first kappa shape index (κ1) is 25.6. The van der Waals surface area contributed by atoms with E-state index < -0.39 is 17.8 Å². The van der Waals surface area contributed by atoms with Gasteiger partial charge in [0, 0.05) is 57.5 Å². The van der Waals surface area contributed by atoms with E-state index in [2.05, 4.69) is 12.2 Å². The van der Waals surface area contributed by atoms with Crippen LogP contribution in [0.2, 0.25) is 0 Å². The highest BCUT2D eigenvalue weighted by molar-refractivity contribution is 5.91. The monoisotopic (exact) mass is 497 g/mol. The van der Waals surface area contributed by atoms with Crippen molar-refractivity contribution in [2.24, 2.45) is 0 Å². The van der Waals surface area contributed by atoms with Crippen LogP contribution in [0.25, 0.3) is 0 Å². The molecule has 3 saturated heterocycles. The van der Waals surface area contributed by atoms with Gasteiger partial charge in [-0.15, -0.1) is 0 Å². The zero-order valence-corrected chi connectivity index (χ0v) is 20.1. The number of morpholine rings is 1. The highest BCUT2D eigenvalue weighted by Gasteiger charge is 2.35. The number of benzene rings is 1. The SMILES string of the molecule is CC1CCCCN1C(=O)CN1CCN(C(=O)Nc2ccc(N3CCOCC3)cc2C(F)(F)F)CC1. The molecule has 3 heterocycles. The highest BCUT2D eigenvalue weighted by atomic mass is 19.4. The standard InChI is InChI=1S/C24H34F3N5O3/c1-18-4-2-3-7-32(18)22(33)17-29-8-10-31(11-9-29)23(34)28-21-6-5-19(16-20(21)24(25,26)27)30-12-14-35-15-13-30/h5-6,16,18H,2-4,7-15,17H2,1H3,(H,28,34). The van der Waals surface area contributed by atoms with Crippen LogP contribution >= 0.6 is 0 Å². The first-order valence-electron chi connectivity index (χ1n) is 12.3. The molecule has 1 aromatic carbocycles. The Labute approximate surface area is 204 Å². The Hall–Kier alpha value is -2.53. The topological polar surface area (TPSA) is 68.4 Å². The minimum atomic E-state index is -4.60. The Kier molecular flexibility index (Phi) is 8.05.